The standard InChI is InChI=1S/C12H17NOS/c1-12(2,8-13)15-10-3-4-11-9(7-10)5-6-14-11/h3-4,7H,5-6,8,13H2,1-2H3. The first-order chi connectivity index (χ1) is 7.11. The lowest BCUT2D eigenvalue weighted by atomic mass is 10.2. The van der Waals surface area contributed by atoms with Crippen LogP contribution >= 0.6 is 11.8 Å². The maximum atomic E-state index is 5.72. The SMILES string of the molecule is CC(C)(CN)Sc1ccc2c(c1)CCO2. The van der Waals surface area contributed by atoms with Crippen molar-refractivity contribution in [3.05, 3.63) is 23.8 Å². The second kappa shape index (κ2) is 4.06. The summed E-state index contributed by atoms with van der Waals surface area (Å²) in [7, 11) is 0. The average molecular weight is 223 g/mol. The van der Waals surface area contributed by atoms with Gasteiger partial charge in [0, 0.05) is 22.6 Å². The molecule has 1 aromatic carbocycles. The van der Waals surface area contributed by atoms with Crippen molar-refractivity contribution in [3.63, 3.8) is 0 Å². The number of thioether (sulfide) groups is 1. The number of fused-ring (bicyclic) bond motifs is 1. The van der Waals surface area contributed by atoms with Crippen molar-refractivity contribution in [2.45, 2.75) is 29.9 Å². The Labute approximate surface area is 95.2 Å². The van der Waals surface area contributed by atoms with Gasteiger partial charge in [-0.2, -0.15) is 0 Å². The summed E-state index contributed by atoms with van der Waals surface area (Å²) in [4.78, 5) is 1.29. The molecule has 0 aliphatic carbocycles. The van der Waals surface area contributed by atoms with Gasteiger partial charge in [0.25, 0.3) is 0 Å². The fourth-order valence-corrected chi connectivity index (χ4v) is 2.65. The Morgan fingerprint density at radius 3 is 3.00 bits per heavy atom. The van der Waals surface area contributed by atoms with Crippen LogP contribution in [0.15, 0.2) is 23.1 Å². The first-order valence-electron chi connectivity index (χ1n) is 5.25. The zero-order valence-corrected chi connectivity index (χ0v) is 10.1. The molecule has 0 radical (unpaired) electrons. The van der Waals surface area contributed by atoms with Gasteiger partial charge < -0.3 is 10.5 Å². The van der Waals surface area contributed by atoms with Crippen LogP contribution in [0.2, 0.25) is 0 Å². The van der Waals surface area contributed by atoms with Gasteiger partial charge in [0.2, 0.25) is 0 Å². The van der Waals surface area contributed by atoms with E-state index >= 15 is 0 Å². The fraction of sp³-hybridized carbons (Fsp3) is 0.500. The van der Waals surface area contributed by atoms with Crippen LogP contribution < -0.4 is 10.5 Å². The van der Waals surface area contributed by atoms with Gasteiger partial charge in [-0.25, -0.2) is 0 Å². The summed E-state index contributed by atoms with van der Waals surface area (Å²) in [6.45, 7) is 5.85. The molecular weight excluding hydrogens is 206 g/mol. The van der Waals surface area contributed by atoms with Crippen molar-refractivity contribution in [3.8, 4) is 5.75 Å². The Morgan fingerprint density at radius 1 is 1.47 bits per heavy atom. The molecule has 15 heavy (non-hydrogen) atoms. The number of rotatable bonds is 3. The molecule has 0 fully saturated rings. The molecule has 0 saturated heterocycles. The maximum Gasteiger partial charge on any atom is 0.122 e. The van der Waals surface area contributed by atoms with Crippen LogP contribution in [0.5, 0.6) is 5.75 Å². The highest BCUT2D eigenvalue weighted by atomic mass is 32.2. The Hall–Kier alpha value is -0.670. The summed E-state index contributed by atoms with van der Waals surface area (Å²) in [5, 5.41) is 0. The molecule has 1 aliphatic rings. The second-order valence-corrected chi connectivity index (χ2v) is 6.21. The molecule has 0 aromatic heterocycles. The largest absolute Gasteiger partial charge is 0.493 e. The van der Waals surface area contributed by atoms with Gasteiger partial charge in [-0.05, 0) is 37.6 Å². The molecule has 2 nitrogen and oxygen atoms in total. The molecule has 2 rings (SSSR count). The van der Waals surface area contributed by atoms with Crippen LogP contribution in [-0.4, -0.2) is 17.9 Å². The van der Waals surface area contributed by atoms with E-state index in [-0.39, 0.29) is 4.75 Å². The van der Waals surface area contributed by atoms with E-state index in [4.69, 9.17) is 10.5 Å². The van der Waals surface area contributed by atoms with Crippen molar-refractivity contribution in [1.29, 1.82) is 0 Å². The quantitative estimate of drug-likeness (QED) is 0.799. The predicted octanol–water partition coefficient (Wildman–Crippen LogP) is 2.45. The summed E-state index contributed by atoms with van der Waals surface area (Å²) in [5.74, 6) is 1.05. The lowest BCUT2D eigenvalue weighted by Gasteiger charge is -2.21. The average Bonchev–Trinajstić information content (AvgIpc) is 2.64. The third kappa shape index (κ3) is 2.47. The van der Waals surface area contributed by atoms with E-state index in [0.717, 1.165) is 18.8 Å². The number of hydrogen-bond donors (Lipinski definition) is 1. The Kier molecular flexibility index (Phi) is 2.94. The van der Waals surface area contributed by atoms with Crippen LogP contribution in [0.1, 0.15) is 19.4 Å². The molecule has 1 aromatic rings. The first kappa shape index (κ1) is 10.8. The molecule has 0 atom stereocenters. The Balaban J connectivity index is 2.17. The molecule has 1 heterocycles. The van der Waals surface area contributed by atoms with Crippen molar-refractivity contribution in [2.24, 2.45) is 5.73 Å². The minimum Gasteiger partial charge on any atom is -0.493 e. The maximum absolute atomic E-state index is 5.72. The third-order valence-electron chi connectivity index (χ3n) is 2.55. The van der Waals surface area contributed by atoms with E-state index in [1.54, 1.807) is 0 Å². The van der Waals surface area contributed by atoms with Gasteiger partial charge in [0.05, 0.1) is 6.61 Å². The van der Waals surface area contributed by atoms with Gasteiger partial charge >= 0.3 is 0 Å². The first-order valence-corrected chi connectivity index (χ1v) is 6.07. The summed E-state index contributed by atoms with van der Waals surface area (Å²) in [5.41, 5.74) is 7.05. The number of nitrogens with two attached hydrogens (primary N) is 1. The summed E-state index contributed by atoms with van der Waals surface area (Å²) in [6.07, 6.45) is 1.03. The number of hydrogen-bond acceptors (Lipinski definition) is 3. The molecule has 82 valence electrons. The normalized spacial score (nSPS) is 14.9. The highest BCUT2D eigenvalue weighted by Crippen LogP contribution is 2.35. The van der Waals surface area contributed by atoms with Gasteiger partial charge in [-0.3, -0.25) is 0 Å². The second-order valence-electron chi connectivity index (χ2n) is 4.43. The summed E-state index contributed by atoms with van der Waals surface area (Å²) >= 11 is 1.83. The zero-order valence-electron chi connectivity index (χ0n) is 9.25. The lowest BCUT2D eigenvalue weighted by molar-refractivity contribution is 0.356. The Bertz CT molecular complexity index is 363. The van der Waals surface area contributed by atoms with Crippen molar-refractivity contribution in [2.75, 3.05) is 13.2 Å². The smallest absolute Gasteiger partial charge is 0.122 e. The van der Waals surface area contributed by atoms with Crippen LogP contribution in [0.25, 0.3) is 0 Å². The van der Waals surface area contributed by atoms with Crippen LogP contribution in [-0.2, 0) is 6.42 Å². The number of benzene rings is 1. The molecular formula is C12H17NOS. The van der Waals surface area contributed by atoms with Crippen molar-refractivity contribution < 1.29 is 4.74 Å². The fourth-order valence-electron chi connectivity index (χ4n) is 1.59. The third-order valence-corrected chi connectivity index (χ3v) is 3.76. The van der Waals surface area contributed by atoms with Gasteiger partial charge in [0.1, 0.15) is 5.75 Å². The highest BCUT2D eigenvalue weighted by molar-refractivity contribution is 8.00. The van der Waals surface area contributed by atoms with E-state index in [9.17, 15) is 0 Å². The van der Waals surface area contributed by atoms with Crippen LogP contribution in [0.4, 0.5) is 0 Å². The Morgan fingerprint density at radius 2 is 2.27 bits per heavy atom. The van der Waals surface area contributed by atoms with Crippen molar-refractivity contribution >= 4 is 11.8 Å². The van der Waals surface area contributed by atoms with Gasteiger partial charge in [-0.15, -0.1) is 11.8 Å². The van der Waals surface area contributed by atoms with Crippen LogP contribution in [0, 0.1) is 0 Å². The van der Waals surface area contributed by atoms with Crippen LogP contribution in [0.3, 0.4) is 0 Å². The monoisotopic (exact) mass is 223 g/mol. The molecule has 0 spiro atoms. The molecule has 0 bridgehead atoms. The highest BCUT2D eigenvalue weighted by Gasteiger charge is 2.19. The lowest BCUT2D eigenvalue weighted by Crippen LogP contribution is -2.26. The number of ether oxygens (including phenoxy) is 1. The minimum atomic E-state index is 0.105. The molecule has 0 unspecified atom stereocenters. The van der Waals surface area contributed by atoms with E-state index in [2.05, 4.69) is 32.0 Å². The molecule has 0 amide bonds. The van der Waals surface area contributed by atoms with Gasteiger partial charge in [0.15, 0.2) is 0 Å². The topological polar surface area (TPSA) is 35.2 Å². The van der Waals surface area contributed by atoms with E-state index < -0.39 is 0 Å². The predicted molar refractivity (Wildman–Crippen MR) is 64.6 cm³/mol. The molecule has 2 N–H and O–H groups in total. The summed E-state index contributed by atoms with van der Waals surface area (Å²) < 4.78 is 5.58. The minimum absolute atomic E-state index is 0.105. The molecule has 1 aliphatic heterocycles. The van der Waals surface area contributed by atoms with Gasteiger partial charge in [-0.1, -0.05) is 0 Å². The van der Waals surface area contributed by atoms with E-state index in [1.807, 2.05) is 11.8 Å². The molecule has 3 heteroatoms. The summed E-state index contributed by atoms with van der Waals surface area (Å²) in [6, 6.07) is 6.41. The zero-order chi connectivity index (χ0) is 10.9. The van der Waals surface area contributed by atoms with E-state index in [0.29, 0.717) is 6.54 Å². The van der Waals surface area contributed by atoms with E-state index in [1.165, 1.54) is 10.5 Å². The van der Waals surface area contributed by atoms with Crippen molar-refractivity contribution in [1.82, 2.24) is 0 Å². The molecule has 0 saturated carbocycles.